The van der Waals surface area contributed by atoms with E-state index in [-0.39, 0.29) is 16.3 Å². The fraction of sp³-hybridized carbons (Fsp3) is 0. The molecule has 0 aromatic heterocycles. The molecule has 0 radical (unpaired) electrons. The number of anilines is 1. The van der Waals surface area contributed by atoms with Crippen LogP contribution in [0.15, 0.2) is 69.7 Å². The Labute approximate surface area is 144 Å². The predicted octanol–water partition coefficient (Wildman–Crippen LogP) is 2.96. The van der Waals surface area contributed by atoms with E-state index >= 15 is 0 Å². The summed E-state index contributed by atoms with van der Waals surface area (Å²) >= 11 is 0. The Morgan fingerprint density at radius 2 is 1.72 bits per heavy atom. The number of phenols is 1. The second-order valence-corrected chi connectivity index (χ2v) is 6.79. The minimum absolute atomic E-state index is 0.0253. The van der Waals surface area contributed by atoms with Gasteiger partial charge in [-0.15, -0.1) is 9.67 Å². The summed E-state index contributed by atoms with van der Waals surface area (Å²) in [6.07, 6.45) is 0. The molecule has 0 aliphatic carbocycles. The first kappa shape index (κ1) is 17.0. The Morgan fingerprint density at radius 1 is 1.00 bits per heavy atom. The van der Waals surface area contributed by atoms with Crippen molar-refractivity contribution in [2.75, 3.05) is 5.73 Å². The summed E-state index contributed by atoms with van der Waals surface area (Å²) in [6, 6.07) is 14.4. The van der Waals surface area contributed by atoms with Gasteiger partial charge in [-0.05, 0) is 40.6 Å². The number of quaternary nitrogens is 1. The summed E-state index contributed by atoms with van der Waals surface area (Å²) in [5, 5.41) is 19.2. The fourth-order valence-electron chi connectivity index (χ4n) is 2.32. The average molecular weight is 360 g/mol. The fourth-order valence-corrected chi connectivity index (χ4v) is 3.16. The van der Waals surface area contributed by atoms with Gasteiger partial charge in [-0.2, -0.15) is 11.0 Å². The zero-order valence-electron chi connectivity index (χ0n) is 13.0. The highest BCUT2D eigenvalue weighted by molar-refractivity contribution is 7.93. The van der Waals surface area contributed by atoms with Gasteiger partial charge in [-0.25, -0.2) is 0 Å². The zero-order valence-corrected chi connectivity index (χ0v) is 13.8. The minimum atomic E-state index is -3.75. The first-order chi connectivity index (χ1) is 11.9. The van der Waals surface area contributed by atoms with E-state index in [0.29, 0.717) is 22.1 Å². The van der Waals surface area contributed by atoms with Crippen molar-refractivity contribution in [3.05, 3.63) is 54.6 Å². The Balaban J connectivity index is 2.06. The maximum absolute atomic E-state index is 12.0. The summed E-state index contributed by atoms with van der Waals surface area (Å²) < 4.78 is 26.3. The molecule has 0 aliphatic heterocycles. The molecule has 0 spiro atoms. The van der Waals surface area contributed by atoms with E-state index in [0.717, 1.165) is 0 Å². The molecule has 3 aromatic carbocycles. The van der Waals surface area contributed by atoms with Gasteiger partial charge in [0.25, 0.3) is 0 Å². The van der Waals surface area contributed by atoms with Crippen LogP contribution in [0.25, 0.3) is 10.8 Å². The Bertz CT molecular complexity index is 1000. The third-order valence-electron chi connectivity index (χ3n) is 3.58. The monoisotopic (exact) mass is 360 g/mol. The average Bonchev–Trinajstić information content (AvgIpc) is 2.62. The van der Waals surface area contributed by atoms with Crippen LogP contribution in [-0.2, 0) is 19.0 Å². The number of nitrogens with two attached hydrogens (primary N) is 1. The number of fused-ring (bicyclic) bond motifs is 1. The van der Waals surface area contributed by atoms with E-state index < -0.39 is 10.5 Å². The molecule has 0 aliphatic rings. The highest BCUT2D eigenvalue weighted by Gasteiger charge is 2.36. The van der Waals surface area contributed by atoms with Crippen LogP contribution in [0.4, 0.5) is 17.1 Å². The zero-order chi connectivity index (χ0) is 18.0. The molecule has 0 saturated heterocycles. The van der Waals surface area contributed by atoms with Crippen LogP contribution in [0.3, 0.4) is 0 Å². The second-order valence-electron chi connectivity index (χ2n) is 5.17. The molecule has 25 heavy (non-hydrogen) atoms. The number of benzene rings is 3. The van der Waals surface area contributed by atoms with Crippen molar-refractivity contribution >= 4 is 38.3 Å². The van der Waals surface area contributed by atoms with Crippen LogP contribution in [0.2, 0.25) is 0 Å². The van der Waals surface area contributed by atoms with Gasteiger partial charge >= 0.3 is 10.5 Å². The number of nitrogens with zero attached hydrogens (tertiary/aromatic N) is 2. The van der Waals surface area contributed by atoms with Gasteiger partial charge in [0.15, 0.2) is 5.75 Å². The SMILES string of the molecule is Nc1ccc(N=Nc2ccc3c([S+](=O)(O)O[NH3+])cccc3c2O)cc1. The Hall–Kier alpha value is -2.85. The normalized spacial score (nSPS) is 14.0. The van der Waals surface area contributed by atoms with Gasteiger partial charge in [-0.1, -0.05) is 12.1 Å². The van der Waals surface area contributed by atoms with Crippen molar-refractivity contribution in [3.63, 3.8) is 0 Å². The van der Waals surface area contributed by atoms with E-state index in [1.54, 1.807) is 36.4 Å². The largest absolute Gasteiger partial charge is 0.505 e. The number of hydrogen-bond donors (Lipinski definition) is 4. The molecule has 1 atom stereocenters. The Kier molecular flexibility index (Phi) is 4.47. The maximum atomic E-state index is 12.0. The second kappa shape index (κ2) is 6.57. The van der Waals surface area contributed by atoms with Gasteiger partial charge < -0.3 is 10.8 Å². The lowest BCUT2D eigenvalue weighted by Crippen LogP contribution is -2.52. The van der Waals surface area contributed by atoms with Crippen molar-refractivity contribution in [2.24, 2.45) is 10.2 Å². The molecule has 3 rings (SSSR count). The van der Waals surface area contributed by atoms with Gasteiger partial charge in [0, 0.05) is 22.5 Å². The van der Waals surface area contributed by atoms with Crippen molar-refractivity contribution in [1.82, 2.24) is 0 Å². The van der Waals surface area contributed by atoms with E-state index in [1.807, 2.05) is 0 Å². The van der Waals surface area contributed by atoms with Gasteiger partial charge in [0.05, 0.1) is 9.97 Å². The van der Waals surface area contributed by atoms with Gasteiger partial charge in [0.1, 0.15) is 5.69 Å². The lowest BCUT2D eigenvalue weighted by molar-refractivity contribution is -0.637. The van der Waals surface area contributed by atoms with Crippen molar-refractivity contribution in [3.8, 4) is 5.75 Å². The van der Waals surface area contributed by atoms with E-state index in [2.05, 4.69) is 20.4 Å². The minimum Gasteiger partial charge on any atom is -0.505 e. The van der Waals surface area contributed by atoms with E-state index in [1.165, 1.54) is 18.2 Å². The van der Waals surface area contributed by atoms with Crippen LogP contribution in [-0.4, -0.2) is 9.66 Å². The lowest BCUT2D eigenvalue weighted by Gasteiger charge is -2.06. The number of nitrogen functional groups attached to an aromatic ring is 1. The molecule has 1 unspecified atom stereocenters. The molecule has 128 valence electrons. The third-order valence-corrected chi connectivity index (χ3v) is 4.81. The van der Waals surface area contributed by atoms with Crippen molar-refractivity contribution < 1.29 is 24.0 Å². The summed E-state index contributed by atoms with van der Waals surface area (Å²) in [5.41, 5.74) is 7.02. The standard InChI is InChI=1S/C16H14N4O4S/c17-10-4-6-11(7-5-10)19-20-14-9-8-12-13(16(14)21)2-1-3-15(12)25(22,23)24-18/h1-9H,18H3,(H2-2,17,19,20,21,22,23)/p+2. The van der Waals surface area contributed by atoms with Gasteiger partial charge in [0.2, 0.25) is 4.90 Å². The molecule has 0 fully saturated rings. The molecule has 0 amide bonds. The first-order valence-electron chi connectivity index (χ1n) is 7.14. The number of azo groups is 1. The number of hydrogen-bond acceptors (Lipinski definition) is 6. The van der Waals surface area contributed by atoms with Crippen LogP contribution in [0.5, 0.6) is 5.75 Å². The number of aromatic hydroxyl groups is 1. The van der Waals surface area contributed by atoms with Gasteiger partial charge in [-0.3, -0.25) is 0 Å². The summed E-state index contributed by atoms with van der Waals surface area (Å²) in [5.74, 6) is 2.86. The summed E-state index contributed by atoms with van der Waals surface area (Å²) in [4.78, 5) is 0.0253. The highest BCUT2D eigenvalue weighted by atomic mass is 32.3. The molecular formula is C16H16N4O4S+2. The van der Waals surface area contributed by atoms with Crippen LogP contribution in [0.1, 0.15) is 0 Å². The first-order valence-corrected chi connectivity index (χ1v) is 8.58. The molecule has 9 heteroatoms. The topological polar surface area (TPSA) is 145 Å². The van der Waals surface area contributed by atoms with Crippen LogP contribution < -0.4 is 11.6 Å². The van der Waals surface area contributed by atoms with E-state index in [4.69, 9.17) is 5.73 Å². The molecule has 3 aromatic rings. The van der Waals surface area contributed by atoms with Crippen molar-refractivity contribution in [2.45, 2.75) is 4.90 Å². The molecule has 0 bridgehead atoms. The smallest absolute Gasteiger partial charge is 0.444 e. The molecular weight excluding hydrogens is 344 g/mol. The molecule has 0 saturated carbocycles. The molecule has 0 heterocycles. The highest BCUT2D eigenvalue weighted by Crippen LogP contribution is 2.38. The van der Waals surface area contributed by atoms with E-state index in [9.17, 15) is 13.9 Å². The number of rotatable bonds is 4. The molecule has 8 nitrogen and oxygen atoms in total. The molecule has 7 N–H and O–H groups in total. The Morgan fingerprint density at radius 3 is 2.40 bits per heavy atom. The summed E-state index contributed by atoms with van der Waals surface area (Å²) in [6.45, 7) is 0. The number of phenolic OH excluding ortho intramolecular Hbond substituents is 1. The van der Waals surface area contributed by atoms with Crippen LogP contribution >= 0.6 is 0 Å². The lowest BCUT2D eigenvalue weighted by atomic mass is 10.1. The predicted molar refractivity (Wildman–Crippen MR) is 93.6 cm³/mol. The maximum Gasteiger partial charge on any atom is 0.444 e. The summed E-state index contributed by atoms with van der Waals surface area (Å²) in [7, 11) is -3.75. The third kappa shape index (κ3) is 3.35. The van der Waals surface area contributed by atoms with Crippen LogP contribution in [0, 0.1) is 0 Å². The van der Waals surface area contributed by atoms with Crippen molar-refractivity contribution in [1.29, 1.82) is 0 Å². The quantitative estimate of drug-likeness (QED) is 0.244.